The third-order valence-electron chi connectivity index (χ3n) is 2.48. The molecule has 5 heteroatoms. The summed E-state index contributed by atoms with van der Waals surface area (Å²) in [6.45, 7) is 2.21. The predicted octanol–water partition coefficient (Wildman–Crippen LogP) is 1.44. The van der Waals surface area contributed by atoms with Crippen molar-refractivity contribution in [3.8, 4) is 0 Å². The molecule has 1 rings (SSSR count). The average molecular weight is 276 g/mol. The van der Waals surface area contributed by atoms with Crippen LogP contribution < -0.4 is 11.1 Å². The van der Waals surface area contributed by atoms with Gasteiger partial charge in [-0.25, -0.2) is 0 Å². The van der Waals surface area contributed by atoms with Crippen molar-refractivity contribution in [1.82, 2.24) is 5.32 Å². The number of rotatable bonds is 7. The predicted molar refractivity (Wildman–Crippen MR) is 77.5 cm³/mol. The summed E-state index contributed by atoms with van der Waals surface area (Å²) in [4.78, 5) is 23.0. The standard InChI is InChI=1S/C15H20N2O3/c1-2-10-20-15(19)13(16)11-14(18)17-9-8-12-6-4-3-5-7-12/h3-9,13H,2,10-11,16H2,1H3,(H,17,18)/b9-8+. The molecule has 0 spiro atoms. The minimum atomic E-state index is -0.924. The Kier molecular flexibility index (Phi) is 7.06. The Balaban J connectivity index is 2.33. The maximum atomic E-state index is 11.6. The summed E-state index contributed by atoms with van der Waals surface area (Å²) in [5.41, 5.74) is 6.55. The zero-order chi connectivity index (χ0) is 14.8. The largest absolute Gasteiger partial charge is 0.465 e. The van der Waals surface area contributed by atoms with Crippen molar-refractivity contribution in [3.63, 3.8) is 0 Å². The van der Waals surface area contributed by atoms with E-state index >= 15 is 0 Å². The molecule has 0 radical (unpaired) electrons. The van der Waals surface area contributed by atoms with Crippen LogP contribution in [0.25, 0.3) is 6.08 Å². The van der Waals surface area contributed by atoms with Crippen LogP contribution in [0.1, 0.15) is 25.3 Å². The van der Waals surface area contributed by atoms with Gasteiger partial charge in [0.05, 0.1) is 13.0 Å². The van der Waals surface area contributed by atoms with Crippen molar-refractivity contribution < 1.29 is 14.3 Å². The number of benzene rings is 1. The molecule has 0 heterocycles. The molecule has 0 saturated carbocycles. The monoisotopic (exact) mass is 276 g/mol. The molecule has 1 amide bonds. The molecule has 20 heavy (non-hydrogen) atoms. The molecule has 1 atom stereocenters. The Morgan fingerprint density at radius 1 is 1.35 bits per heavy atom. The maximum absolute atomic E-state index is 11.6. The highest BCUT2D eigenvalue weighted by Crippen LogP contribution is 2.00. The van der Waals surface area contributed by atoms with Crippen molar-refractivity contribution in [2.45, 2.75) is 25.8 Å². The number of nitrogens with one attached hydrogen (secondary N) is 1. The van der Waals surface area contributed by atoms with Crippen LogP contribution >= 0.6 is 0 Å². The van der Waals surface area contributed by atoms with Gasteiger partial charge in [0, 0.05) is 6.20 Å². The number of ether oxygens (including phenoxy) is 1. The first-order valence-electron chi connectivity index (χ1n) is 6.56. The third kappa shape index (κ3) is 6.15. The summed E-state index contributed by atoms with van der Waals surface area (Å²) in [5, 5.41) is 2.57. The van der Waals surface area contributed by atoms with Crippen molar-refractivity contribution in [2.75, 3.05) is 6.61 Å². The zero-order valence-corrected chi connectivity index (χ0v) is 11.5. The van der Waals surface area contributed by atoms with Crippen LogP contribution in [0.3, 0.4) is 0 Å². The second-order valence-electron chi connectivity index (χ2n) is 4.29. The van der Waals surface area contributed by atoms with E-state index in [1.165, 1.54) is 6.20 Å². The lowest BCUT2D eigenvalue weighted by Crippen LogP contribution is -2.37. The van der Waals surface area contributed by atoms with Gasteiger partial charge in [0.2, 0.25) is 5.91 Å². The summed E-state index contributed by atoms with van der Waals surface area (Å²) in [6.07, 6.45) is 3.92. The number of amides is 1. The molecule has 0 aliphatic carbocycles. The van der Waals surface area contributed by atoms with E-state index in [1.807, 2.05) is 37.3 Å². The maximum Gasteiger partial charge on any atom is 0.323 e. The Bertz CT molecular complexity index is 457. The van der Waals surface area contributed by atoms with Gasteiger partial charge in [-0.3, -0.25) is 9.59 Å². The number of hydrogen-bond donors (Lipinski definition) is 2. The highest BCUT2D eigenvalue weighted by atomic mass is 16.5. The molecule has 108 valence electrons. The van der Waals surface area contributed by atoms with E-state index in [1.54, 1.807) is 6.08 Å². The molecule has 1 unspecified atom stereocenters. The Hall–Kier alpha value is -2.14. The first-order chi connectivity index (χ1) is 9.63. The van der Waals surface area contributed by atoms with E-state index < -0.39 is 12.0 Å². The molecule has 3 N–H and O–H groups in total. The van der Waals surface area contributed by atoms with Crippen molar-refractivity contribution in [1.29, 1.82) is 0 Å². The summed E-state index contributed by atoms with van der Waals surface area (Å²) < 4.78 is 4.87. The molecule has 1 aromatic rings. The summed E-state index contributed by atoms with van der Waals surface area (Å²) in [6, 6.07) is 8.62. The Morgan fingerprint density at radius 2 is 2.05 bits per heavy atom. The fourth-order valence-electron chi connectivity index (χ4n) is 1.45. The molecule has 0 aliphatic heterocycles. The lowest BCUT2D eigenvalue weighted by atomic mass is 10.2. The van der Waals surface area contributed by atoms with Crippen molar-refractivity contribution in [2.24, 2.45) is 5.73 Å². The van der Waals surface area contributed by atoms with Crippen molar-refractivity contribution >= 4 is 18.0 Å². The van der Waals surface area contributed by atoms with Crippen LogP contribution in [0, 0.1) is 0 Å². The normalized spacial score (nSPS) is 12.1. The van der Waals surface area contributed by atoms with Gasteiger partial charge in [0.1, 0.15) is 6.04 Å². The quantitative estimate of drug-likeness (QED) is 0.738. The Morgan fingerprint density at radius 3 is 2.70 bits per heavy atom. The Labute approximate surface area is 118 Å². The van der Waals surface area contributed by atoms with Crippen LogP contribution in [-0.4, -0.2) is 24.5 Å². The highest BCUT2D eigenvalue weighted by Gasteiger charge is 2.17. The first kappa shape index (κ1) is 15.9. The van der Waals surface area contributed by atoms with E-state index in [2.05, 4.69) is 5.32 Å². The van der Waals surface area contributed by atoms with Crippen LogP contribution in [0.15, 0.2) is 36.5 Å². The topological polar surface area (TPSA) is 81.4 Å². The zero-order valence-electron chi connectivity index (χ0n) is 11.5. The average Bonchev–Trinajstić information content (AvgIpc) is 2.45. The number of carbonyl (C=O) groups is 2. The van der Waals surface area contributed by atoms with Crippen molar-refractivity contribution in [3.05, 3.63) is 42.1 Å². The molecule has 1 aromatic carbocycles. The van der Waals surface area contributed by atoms with Gasteiger partial charge < -0.3 is 15.8 Å². The lowest BCUT2D eigenvalue weighted by Gasteiger charge is -2.09. The van der Waals surface area contributed by atoms with Gasteiger partial charge in [0.25, 0.3) is 0 Å². The van der Waals surface area contributed by atoms with E-state index in [0.29, 0.717) is 6.61 Å². The minimum absolute atomic E-state index is 0.0956. The number of esters is 1. The SMILES string of the molecule is CCCOC(=O)C(N)CC(=O)N/C=C/c1ccccc1. The fraction of sp³-hybridized carbons (Fsp3) is 0.333. The highest BCUT2D eigenvalue weighted by molar-refractivity contribution is 5.85. The number of nitrogens with two attached hydrogens (primary N) is 1. The van der Waals surface area contributed by atoms with Crippen LogP contribution in [0.5, 0.6) is 0 Å². The second-order valence-corrected chi connectivity index (χ2v) is 4.29. The van der Waals surface area contributed by atoms with Gasteiger partial charge in [-0.15, -0.1) is 0 Å². The molecular formula is C15H20N2O3. The van der Waals surface area contributed by atoms with E-state index in [0.717, 1.165) is 12.0 Å². The van der Waals surface area contributed by atoms with Gasteiger partial charge >= 0.3 is 5.97 Å². The molecule has 0 fully saturated rings. The molecule has 0 bridgehead atoms. The van der Waals surface area contributed by atoms with E-state index in [4.69, 9.17) is 10.5 Å². The number of hydrogen-bond acceptors (Lipinski definition) is 4. The third-order valence-corrected chi connectivity index (χ3v) is 2.48. The molecule has 0 aromatic heterocycles. The van der Waals surface area contributed by atoms with Gasteiger partial charge in [-0.05, 0) is 18.1 Å². The fourth-order valence-corrected chi connectivity index (χ4v) is 1.45. The summed E-state index contributed by atoms with van der Waals surface area (Å²) >= 11 is 0. The van der Waals surface area contributed by atoms with Crippen LogP contribution in [0.2, 0.25) is 0 Å². The summed E-state index contributed by atoms with van der Waals surface area (Å²) in [7, 11) is 0. The summed E-state index contributed by atoms with van der Waals surface area (Å²) in [5.74, 6) is -0.868. The molecule has 0 aliphatic rings. The number of carbonyl (C=O) groups excluding carboxylic acids is 2. The molecule has 0 saturated heterocycles. The van der Waals surface area contributed by atoms with Gasteiger partial charge in [0.15, 0.2) is 0 Å². The van der Waals surface area contributed by atoms with Gasteiger partial charge in [-0.1, -0.05) is 37.3 Å². The second kappa shape index (κ2) is 8.87. The van der Waals surface area contributed by atoms with E-state index in [9.17, 15) is 9.59 Å². The smallest absolute Gasteiger partial charge is 0.323 e. The van der Waals surface area contributed by atoms with Gasteiger partial charge in [-0.2, -0.15) is 0 Å². The molecule has 5 nitrogen and oxygen atoms in total. The van der Waals surface area contributed by atoms with Crippen LogP contribution in [-0.2, 0) is 14.3 Å². The van der Waals surface area contributed by atoms with E-state index in [-0.39, 0.29) is 12.3 Å². The lowest BCUT2D eigenvalue weighted by molar-refractivity contribution is -0.146. The molecular weight excluding hydrogens is 256 g/mol. The first-order valence-corrected chi connectivity index (χ1v) is 6.56. The minimum Gasteiger partial charge on any atom is -0.465 e. The van der Waals surface area contributed by atoms with Crippen LogP contribution in [0.4, 0.5) is 0 Å².